The number of carbonyl (C=O) groups is 2. The molecule has 3 rings (SSSR count). The van der Waals surface area contributed by atoms with Crippen molar-refractivity contribution in [3.63, 3.8) is 0 Å². The minimum Gasteiger partial charge on any atom is -0.483 e. The van der Waals surface area contributed by atoms with Crippen molar-refractivity contribution in [1.29, 1.82) is 0 Å². The van der Waals surface area contributed by atoms with Crippen molar-refractivity contribution in [2.75, 3.05) is 18.5 Å². The molecule has 2 aromatic carbocycles. The van der Waals surface area contributed by atoms with Gasteiger partial charge in [-0.25, -0.2) is 4.79 Å². The van der Waals surface area contributed by atoms with Gasteiger partial charge in [-0.3, -0.25) is 4.79 Å². The van der Waals surface area contributed by atoms with Gasteiger partial charge in [0.05, 0.1) is 6.61 Å². The summed E-state index contributed by atoms with van der Waals surface area (Å²) in [6.07, 6.45) is 0. The van der Waals surface area contributed by atoms with E-state index in [1.807, 2.05) is 18.2 Å². The van der Waals surface area contributed by atoms with Gasteiger partial charge >= 0.3 is 5.97 Å². The third kappa shape index (κ3) is 4.49. The predicted octanol–water partition coefficient (Wildman–Crippen LogP) is 2.67. The number of amides is 1. The number of H-pyrrole nitrogens is 1. The molecule has 1 aromatic heterocycles. The van der Waals surface area contributed by atoms with Gasteiger partial charge in [-0.05, 0) is 31.2 Å². The quantitative estimate of drug-likeness (QED) is 0.623. The summed E-state index contributed by atoms with van der Waals surface area (Å²) in [6, 6.07) is 16.0. The number of nitrogens with zero attached hydrogens (tertiary/aromatic N) is 2. The fraction of sp³-hybridized carbons (Fsp3) is 0.158. The van der Waals surface area contributed by atoms with Crippen molar-refractivity contribution in [2.45, 2.75) is 6.92 Å². The molecule has 0 bridgehead atoms. The summed E-state index contributed by atoms with van der Waals surface area (Å²) in [6.45, 7) is 1.74. The van der Waals surface area contributed by atoms with Crippen molar-refractivity contribution < 1.29 is 19.1 Å². The molecular formula is C19H18N4O4. The van der Waals surface area contributed by atoms with Crippen molar-refractivity contribution in [3.8, 4) is 17.0 Å². The second-order valence-electron chi connectivity index (χ2n) is 5.44. The van der Waals surface area contributed by atoms with Crippen molar-refractivity contribution in [1.82, 2.24) is 15.4 Å². The number of carbonyl (C=O) groups excluding carboxylic acids is 2. The maximum Gasteiger partial charge on any atom is 0.361 e. The maximum absolute atomic E-state index is 12.1. The van der Waals surface area contributed by atoms with E-state index < -0.39 is 5.97 Å². The Bertz CT molecular complexity index is 924. The normalized spacial score (nSPS) is 10.3. The van der Waals surface area contributed by atoms with Crippen LogP contribution in [-0.4, -0.2) is 40.5 Å². The lowest BCUT2D eigenvalue weighted by molar-refractivity contribution is -0.118. The average molecular weight is 366 g/mol. The molecule has 0 radical (unpaired) electrons. The Morgan fingerprint density at radius 1 is 1.04 bits per heavy atom. The van der Waals surface area contributed by atoms with Gasteiger partial charge in [0.25, 0.3) is 5.91 Å². The molecule has 0 aliphatic carbocycles. The van der Waals surface area contributed by atoms with E-state index in [0.717, 1.165) is 0 Å². The smallest absolute Gasteiger partial charge is 0.361 e. The van der Waals surface area contributed by atoms with Crippen molar-refractivity contribution in [2.24, 2.45) is 0 Å². The highest BCUT2D eigenvalue weighted by Gasteiger charge is 2.21. The Balaban J connectivity index is 1.74. The molecule has 3 aromatic rings. The van der Waals surface area contributed by atoms with E-state index in [9.17, 15) is 9.59 Å². The second-order valence-corrected chi connectivity index (χ2v) is 5.44. The molecular weight excluding hydrogens is 348 g/mol. The lowest BCUT2D eigenvalue weighted by Crippen LogP contribution is -2.20. The molecule has 27 heavy (non-hydrogen) atoms. The number of hydrogen-bond acceptors (Lipinski definition) is 6. The standard InChI is InChI=1S/C19H18N4O4/c1-2-26-19(25)18-17(21-23-22-18)14-10-6-7-11-15(14)27-12-16(24)20-13-8-4-3-5-9-13/h3-11H,2,12H2,1H3,(H,20,24)(H,21,22,23). The van der Waals surface area contributed by atoms with Crippen LogP contribution < -0.4 is 10.1 Å². The first kappa shape index (κ1) is 18.1. The molecule has 0 unspecified atom stereocenters. The van der Waals surface area contributed by atoms with E-state index in [1.165, 1.54) is 0 Å². The van der Waals surface area contributed by atoms with E-state index in [1.54, 1.807) is 43.3 Å². The van der Waals surface area contributed by atoms with Gasteiger partial charge in [0.15, 0.2) is 12.3 Å². The van der Waals surface area contributed by atoms with Crippen LogP contribution in [0.25, 0.3) is 11.3 Å². The molecule has 1 amide bonds. The van der Waals surface area contributed by atoms with Crippen LogP contribution in [0.15, 0.2) is 54.6 Å². The number of aromatic nitrogens is 3. The third-order valence-corrected chi connectivity index (χ3v) is 3.58. The summed E-state index contributed by atoms with van der Waals surface area (Å²) in [5.74, 6) is -0.486. The van der Waals surface area contributed by atoms with E-state index in [0.29, 0.717) is 22.7 Å². The summed E-state index contributed by atoms with van der Waals surface area (Å²) in [5, 5.41) is 13.1. The Kier molecular flexibility index (Phi) is 5.78. The second kappa shape index (κ2) is 8.61. The summed E-state index contributed by atoms with van der Waals surface area (Å²) in [7, 11) is 0. The van der Waals surface area contributed by atoms with Gasteiger partial charge in [-0.15, -0.1) is 5.10 Å². The molecule has 1 heterocycles. The van der Waals surface area contributed by atoms with Crippen LogP contribution >= 0.6 is 0 Å². The largest absolute Gasteiger partial charge is 0.483 e. The summed E-state index contributed by atoms with van der Waals surface area (Å²) >= 11 is 0. The van der Waals surface area contributed by atoms with Crippen LogP contribution in [0.4, 0.5) is 5.69 Å². The molecule has 0 aliphatic rings. The number of para-hydroxylation sites is 2. The molecule has 8 heteroatoms. The number of rotatable bonds is 7. The molecule has 0 aliphatic heterocycles. The van der Waals surface area contributed by atoms with E-state index >= 15 is 0 Å². The van der Waals surface area contributed by atoms with Crippen LogP contribution in [0.5, 0.6) is 5.75 Å². The van der Waals surface area contributed by atoms with Crippen molar-refractivity contribution >= 4 is 17.6 Å². The summed E-state index contributed by atoms with van der Waals surface area (Å²) in [5.41, 5.74) is 1.57. The van der Waals surface area contributed by atoms with Gasteiger partial charge in [0.2, 0.25) is 0 Å². The molecule has 2 N–H and O–H groups in total. The Morgan fingerprint density at radius 3 is 2.56 bits per heavy atom. The summed E-state index contributed by atoms with van der Waals surface area (Å²) in [4.78, 5) is 24.1. The monoisotopic (exact) mass is 366 g/mol. The minimum atomic E-state index is -0.585. The fourth-order valence-corrected chi connectivity index (χ4v) is 2.41. The third-order valence-electron chi connectivity index (χ3n) is 3.58. The van der Waals surface area contributed by atoms with Gasteiger partial charge < -0.3 is 14.8 Å². The number of aromatic amines is 1. The molecule has 0 saturated carbocycles. The van der Waals surface area contributed by atoms with Crippen LogP contribution in [0.3, 0.4) is 0 Å². The molecule has 8 nitrogen and oxygen atoms in total. The highest BCUT2D eigenvalue weighted by Crippen LogP contribution is 2.30. The number of benzene rings is 2. The SMILES string of the molecule is CCOC(=O)c1n[nH]nc1-c1ccccc1OCC(=O)Nc1ccccc1. The minimum absolute atomic E-state index is 0.0571. The topological polar surface area (TPSA) is 106 Å². The number of hydrogen-bond donors (Lipinski definition) is 2. The molecule has 138 valence electrons. The van der Waals surface area contributed by atoms with Gasteiger partial charge in [-0.2, -0.15) is 10.3 Å². The van der Waals surface area contributed by atoms with E-state index in [-0.39, 0.29) is 24.8 Å². The first-order valence-corrected chi connectivity index (χ1v) is 8.34. The van der Waals surface area contributed by atoms with Crippen LogP contribution in [-0.2, 0) is 9.53 Å². The van der Waals surface area contributed by atoms with Gasteiger partial charge in [0, 0.05) is 11.3 Å². The Labute approximate surface area is 155 Å². The zero-order valence-electron chi connectivity index (χ0n) is 14.6. The fourth-order valence-electron chi connectivity index (χ4n) is 2.41. The Hall–Kier alpha value is -3.68. The highest BCUT2D eigenvalue weighted by atomic mass is 16.5. The molecule has 0 spiro atoms. The highest BCUT2D eigenvalue weighted by molar-refractivity contribution is 5.95. The lowest BCUT2D eigenvalue weighted by Gasteiger charge is -2.11. The van der Waals surface area contributed by atoms with Crippen LogP contribution in [0.2, 0.25) is 0 Å². The van der Waals surface area contributed by atoms with Gasteiger partial charge in [0.1, 0.15) is 11.4 Å². The maximum atomic E-state index is 12.1. The zero-order valence-corrected chi connectivity index (χ0v) is 14.6. The molecule has 0 atom stereocenters. The van der Waals surface area contributed by atoms with E-state index in [2.05, 4.69) is 20.7 Å². The van der Waals surface area contributed by atoms with Crippen LogP contribution in [0.1, 0.15) is 17.4 Å². The molecule has 0 fully saturated rings. The first-order valence-electron chi connectivity index (χ1n) is 8.34. The van der Waals surface area contributed by atoms with Gasteiger partial charge in [-0.1, -0.05) is 30.3 Å². The van der Waals surface area contributed by atoms with E-state index in [4.69, 9.17) is 9.47 Å². The average Bonchev–Trinajstić information content (AvgIpc) is 3.17. The number of nitrogens with one attached hydrogen (secondary N) is 2. The lowest BCUT2D eigenvalue weighted by atomic mass is 10.1. The number of anilines is 1. The van der Waals surface area contributed by atoms with Crippen LogP contribution in [0, 0.1) is 0 Å². The molecule has 0 saturated heterocycles. The summed E-state index contributed by atoms with van der Waals surface area (Å²) < 4.78 is 10.6. The zero-order chi connectivity index (χ0) is 19.1. The first-order chi connectivity index (χ1) is 13.2. The Morgan fingerprint density at radius 2 is 1.78 bits per heavy atom. The number of esters is 1. The predicted molar refractivity (Wildman–Crippen MR) is 98.3 cm³/mol. The van der Waals surface area contributed by atoms with Crippen molar-refractivity contribution in [3.05, 3.63) is 60.3 Å². The number of ether oxygens (including phenoxy) is 2.